The Balaban J connectivity index is 1.45. The number of hydrogen-bond acceptors (Lipinski definition) is 5. The van der Waals surface area contributed by atoms with Crippen LogP contribution < -0.4 is 4.74 Å². The molecule has 2 aromatic carbocycles. The van der Waals surface area contributed by atoms with Gasteiger partial charge in [0.1, 0.15) is 5.75 Å². The molecule has 28 heavy (non-hydrogen) atoms. The smallest absolute Gasteiger partial charge is 0.231 e. The number of ether oxygens (including phenoxy) is 1. The van der Waals surface area contributed by atoms with E-state index >= 15 is 0 Å². The van der Waals surface area contributed by atoms with Crippen molar-refractivity contribution in [2.75, 3.05) is 20.2 Å². The number of piperidine rings is 1. The molecule has 0 spiro atoms. The van der Waals surface area contributed by atoms with Gasteiger partial charge in [-0.25, -0.2) is 0 Å². The summed E-state index contributed by atoms with van der Waals surface area (Å²) in [6, 6.07) is 17.4. The first kappa shape index (κ1) is 18.2. The molecule has 2 heterocycles. The standard InChI is InChI=1S/C22H23N3O3/c1-27-19-11-5-9-17(14-19)21-23-22(28-24-21)18-10-6-12-25(15-18)20(26)13-16-7-3-2-4-8-16/h2-5,7-9,11,14,18H,6,10,12-13,15H2,1H3/t18-/m0/s1. The second-order valence-electron chi connectivity index (χ2n) is 7.03. The molecule has 1 aliphatic rings. The lowest BCUT2D eigenvalue weighted by molar-refractivity contribution is -0.131. The molecule has 0 radical (unpaired) electrons. The first-order chi connectivity index (χ1) is 13.7. The second kappa shape index (κ2) is 8.25. The maximum atomic E-state index is 12.7. The van der Waals surface area contributed by atoms with E-state index in [1.165, 1.54) is 0 Å². The SMILES string of the molecule is COc1cccc(-c2noc([C@H]3CCCN(C(=O)Cc4ccccc4)C3)n2)c1. The van der Waals surface area contributed by atoms with Crippen LogP contribution in [0.2, 0.25) is 0 Å². The van der Waals surface area contributed by atoms with Crippen molar-refractivity contribution in [3.05, 3.63) is 66.1 Å². The lowest BCUT2D eigenvalue weighted by Crippen LogP contribution is -2.40. The summed E-state index contributed by atoms with van der Waals surface area (Å²) in [6.45, 7) is 1.39. The molecule has 6 heteroatoms. The van der Waals surface area contributed by atoms with Crippen LogP contribution in [0.5, 0.6) is 5.75 Å². The fourth-order valence-corrected chi connectivity index (χ4v) is 3.57. The molecule has 1 atom stereocenters. The summed E-state index contributed by atoms with van der Waals surface area (Å²) >= 11 is 0. The Morgan fingerprint density at radius 3 is 2.89 bits per heavy atom. The molecule has 3 aromatic rings. The third-order valence-electron chi connectivity index (χ3n) is 5.09. The summed E-state index contributed by atoms with van der Waals surface area (Å²) in [6.07, 6.45) is 2.30. The third kappa shape index (κ3) is 4.06. The molecule has 0 bridgehead atoms. The van der Waals surface area contributed by atoms with Crippen molar-refractivity contribution in [3.8, 4) is 17.1 Å². The van der Waals surface area contributed by atoms with Crippen LogP contribution in [-0.4, -0.2) is 41.1 Å². The van der Waals surface area contributed by atoms with Gasteiger partial charge in [0, 0.05) is 18.7 Å². The van der Waals surface area contributed by atoms with Gasteiger partial charge in [-0.15, -0.1) is 0 Å². The number of hydrogen-bond donors (Lipinski definition) is 0. The Hall–Kier alpha value is -3.15. The summed E-state index contributed by atoms with van der Waals surface area (Å²) in [5.74, 6) is 2.10. The van der Waals surface area contributed by atoms with E-state index in [-0.39, 0.29) is 11.8 Å². The number of aromatic nitrogens is 2. The molecule has 6 nitrogen and oxygen atoms in total. The first-order valence-electron chi connectivity index (χ1n) is 9.52. The van der Waals surface area contributed by atoms with Crippen molar-refractivity contribution >= 4 is 5.91 Å². The van der Waals surface area contributed by atoms with Crippen LogP contribution >= 0.6 is 0 Å². The fraction of sp³-hybridized carbons (Fsp3) is 0.318. The highest BCUT2D eigenvalue weighted by molar-refractivity contribution is 5.79. The Kier molecular flexibility index (Phi) is 5.37. The Bertz CT molecular complexity index is 939. The summed E-state index contributed by atoms with van der Waals surface area (Å²) in [4.78, 5) is 19.2. The number of carbonyl (C=O) groups excluding carboxylic acids is 1. The monoisotopic (exact) mass is 377 g/mol. The van der Waals surface area contributed by atoms with Crippen molar-refractivity contribution in [1.29, 1.82) is 0 Å². The Morgan fingerprint density at radius 2 is 2.07 bits per heavy atom. The molecule has 0 saturated carbocycles. The molecular weight excluding hydrogens is 354 g/mol. The summed E-state index contributed by atoms with van der Waals surface area (Å²) in [5, 5.41) is 4.13. The van der Waals surface area contributed by atoms with E-state index in [1.54, 1.807) is 7.11 Å². The highest BCUT2D eigenvalue weighted by atomic mass is 16.5. The zero-order valence-corrected chi connectivity index (χ0v) is 15.9. The van der Waals surface area contributed by atoms with Gasteiger partial charge in [-0.1, -0.05) is 47.6 Å². The fourth-order valence-electron chi connectivity index (χ4n) is 3.57. The van der Waals surface area contributed by atoms with Crippen LogP contribution in [0.4, 0.5) is 0 Å². The van der Waals surface area contributed by atoms with Gasteiger partial charge in [-0.2, -0.15) is 4.98 Å². The van der Waals surface area contributed by atoms with Gasteiger partial charge in [0.05, 0.1) is 19.4 Å². The molecule has 1 fully saturated rings. The van der Waals surface area contributed by atoms with E-state index in [2.05, 4.69) is 10.1 Å². The average molecular weight is 377 g/mol. The quantitative estimate of drug-likeness (QED) is 0.678. The molecule has 1 aromatic heterocycles. The molecule has 0 aliphatic carbocycles. The minimum Gasteiger partial charge on any atom is -0.497 e. The Morgan fingerprint density at radius 1 is 1.21 bits per heavy atom. The van der Waals surface area contributed by atoms with Gasteiger partial charge >= 0.3 is 0 Å². The van der Waals surface area contributed by atoms with Gasteiger partial charge < -0.3 is 14.2 Å². The number of benzene rings is 2. The lowest BCUT2D eigenvalue weighted by atomic mass is 9.97. The maximum absolute atomic E-state index is 12.7. The van der Waals surface area contributed by atoms with Crippen molar-refractivity contribution < 1.29 is 14.1 Å². The Labute approximate surface area is 164 Å². The topological polar surface area (TPSA) is 68.5 Å². The number of methoxy groups -OCH3 is 1. The minimum atomic E-state index is 0.0698. The normalized spacial score (nSPS) is 16.8. The first-order valence-corrected chi connectivity index (χ1v) is 9.52. The lowest BCUT2D eigenvalue weighted by Gasteiger charge is -2.31. The summed E-state index contributed by atoms with van der Waals surface area (Å²) < 4.78 is 10.8. The van der Waals surface area contributed by atoms with Crippen molar-refractivity contribution in [2.45, 2.75) is 25.2 Å². The number of amides is 1. The van der Waals surface area contributed by atoms with Gasteiger partial charge in [0.15, 0.2) is 0 Å². The average Bonchev–Trinajstić information content (AvgIpc) is 3.25. The number of likely N-dealkylation sites (tertiary alicyclic amines) is 1. The zero-order chi connectivity index (χ0) is 19.3. The minimum absolute atomic E-state index is 0.0698. The van der Waals surface area contributed by atoms with Crippen LogP contribution in [0.25, 0.3) is 11.4 Å². The van der Waals surface area contributed by atoms with E-state index in [9.17, 15) is 4.79 Å². The second-order valence-corrected chi connectivity index (χ2v) is 7.03. The number of carbonyl (C=O) groups is 1. The van der Waals surface area contributed by atoms with Gasteiger partial charge in [-0.3, -0.25) is 4.79 Å². The summed E-state index contributed by atoms with van der Waals surface area (Å²) in [5.41, 5.74) is 1.88. The molecule has 1 saturated heterocycles. The van der Waals surface area contributed by atoms with E-state index < -0.39 is 0 Å². The van der Waals surface area contributed by atoms with Crippen molar-refractivity contribution in [1.82, 2.24) is 15.0 Å². The molecule has 0 N–H and O–H groups in total. The zero-order valence-electron chi connectivity index (χ0n) is 15.9. The van der Waals surface area contributed by atoms with Crippen LogP contribution in [0, 0.1) is 0 Å². The van der Waals surface area contributed by atoms with Crippen LogP contribution in [0.15, 0.2) is 59.1 Å². The molecule has 1 amide bonds. The molecule has 4 rings (SSSR count). The highest BCUT2D eigenvalue weighted by Gasteiger charge is 2.28. The van der Waals surface area contributed by atoms with Gasteiger partial charge in [0.2, 0.25) is 17.6 Å². The predicted octanol–water partition coefficient (Wildman–Crippen LogP) is 3.69. The molecule has 144 valence electrons. The van der Waals surface area contributed by atoms with E-state index in [0.29, 0.717) is 24.7 Å². The van der Waals surface area contributed by atoms with Gasteiger partial charge in [0.25, 0.3) is 0 Å². The van der Waals surface area contributed by atoms with E-state index in [1.807, 2.05) is 59.5 Å². The van der Waals surface area contributed by atoms with Crippen molar-refractivity contribution in [3.63, 3.8) is 0 Å². The van der Waals surface area contributed by atoms with Crippen LogP contribution in [0.3, 0.4) is 0 Å². The predicted molar refractivity (Wildman–Crippen MR) is 105 cm³/mol. The van der Waals surface area contributed by atoms with Gasteiger partial charge in [-0.05, 0) is 30.5 Å². The molecule has 0 unspecified atom stereocenters. The molecule has 1 aliphatic heterocycles. The van der Waals surface area contributed by atoms with Crippen LogP contribution in [-0.2, 0) is 11.2 Å². The number of rotatable bonds is 5. The largest absolute Gasteiger partial charge is 0.497 e. The highest BCUT2D eigenvalue weighted by Crippen LogP contribution is 2.28. The third-order valence-corrected chi connectivity index (χ3v) is 5.09. The van der Waals surface area contributed by atoms with E-state index in [4.69, 9.17) is 9.26 Å². The maximum Gasteiger partial charge on any atom is 0.231 e. The van der Waals surface area contributed by atoms with E-state index in [0.717, 1.165) is 36.3 Å². The van der Waals surface area contributed by atoms with Crippen LogP contribution in [0.1, 0.15) is 30.2 Å². The molecular formula is C22H23N3O3. The summed E-state index contributed by atoms with van der Waals surface area (Å²) in [7, 11) is 1.63. The van der Waals surface area contributed by atoms with Crippen molar-refractivity contribution in [2.24, 2.45) is 0 Å². The number of nitrogens with zero attached hydrogens (tertiary/aromatic N) is 3.